The van der Waals surface area contributed by atoms with Gasteiger partial charge in [0, 0.05) is 12.0 Å². The van der Waals surface area contributed by atoms with Crippen LogP contribution in [0.5, 0.6) is 0 Å². The predicted octanol–water partition coefficient (Wildman–Crippen LogP) is 4.41. The molecule has 0 saturated heterocycles. The van der Waals surface area contributed by atoms with Crippen molar-refractivity contribution in [2.45, 2.75) is 50.6 Å². The molecule has 186 valence electrons. The number of nitrogens with one attached hydrogen (secondary N) is 2. The van der Waals surface area contributed by atoms with Crippen molar-refractivity contribution in [1.82, 2.24) is 10.6 Å². The molecule has 0 radical (unpaired) electrons. The zero-order valence-electron chi connectivity index (χ0n) is 20.1. The molecule has 0 aliphatic heterocycles. The van der Waals surface area contributed by atoms with Crippen molar-refractivity contribution in [2.24, 2.45) is 5.41 Å². The molecule has 2 amide bonds. The number of alkyl carbamates (subject to hydrolysis) is 1. The number of carboxylic acids is 1. The van der Waals surface area contributed by atoms with Gasteiger partial charge in [-0.25, -0.2) is 4.79 Å². The first-order valence-corrected chi connectivity index (χ1v) is 13.4. The van der Waals surface area contributed by atoms with E-state index in [2.05, 4.69) is 34.9 Å². The summed E-state index contributed by atoms with van der Waals surface area (Å²) < 4.78 is 5.62. The van der Waals surface area contributed by atoms with E-state index in [0.717, 1.165) is 28.7 Å². The number of ether oxygens (including phenoxy) is 1. The molecular formula is C27H32N2O5S. The van der Waals surface area contributed by atoms with Gasteiger partial charge in [-0.1, -0.05) is 55.0 Å². The summed E-state index contributed by atoms with van der Waals surface area (Å²) >= 11 is 1.57. The van der Waals surface area contributed by atoms with Gasteiger partial charge in [-0.15, -0.1) is 0 Å². The fourth-order valence-electron chi connectivity index (χ4n) is 5.21. The maximum atomic E-state index is 13.1. The Morgan fingerprint density at radius 3 is 2.34 bits per heavy atom. The minimum Gasteiger partial charge on any atom is -0.481 e. The highest BCUT2D eigenvalue weighted by Crippen LogP contribution is 2.44. The molecule has 2 aromatic rings. The SMILES string of the molecule is CSCCC(NC(=O)OCC1c2ccccc2-c2ccccc21)C(=O)NC1CCCC1(C)C(=O)O. The molecule has 4 rings (SSSR count). The van der Waals surface area contributed by atoms with Crippen LogP contribution in [0.4, 0.5) is 4.79 Å². The molecule has 0 spiro atoms. The molecular weight excluding hydrogens is 464 g/mol. The van der Waals surface area contributed by atoms with Crippen LogP contribution < -0.4 is 10.6 Å². The largest absolute Gasteiger partial charge is 0.481 e. The first kappa shape index (κ1) is 25.1. The van der Waals surface area contributed by atoms with Crippen LogP contribution in [-0.2, 0) is 14.3 Å². The topological polar surface area (TPSA) is 105 Å². The average Bonchev–Trinajstić information content (AvgIpc) is 3.39. The number of benzene rings is 2. The molecule has 2 aromatic carbocycles. The van der Waals surface area contributed by atoms with Crippen molar-refractivity contribution >= 4 is 29.7 Å². The number of carboxylic acid groups (broad SMARTS) is 1. The monoisotopic (exact) mass is 496 g/mol. The number of aliphatic carboxylic acids is 1. The van der Waals surface area contributed by atoms with Crippen LogP contribution in [0.1, 0.15) is 49.7 Å². The molecule has 8 heteroatoms. The summed E-state index contributed by atoms with van der Waals surface area (Å²) in [6, 6.07) is 15.0. The van der Waals surface area contributed by atoms with Crippen molar-refractivity contribution in [1.29, 1.82) is 0 Å². The van der Waals surface area contributed by atoms with Crippen LogP contribution in [0.15, 0.2) is 48.5 Å². The Kier molecular flexibility index (Phi) is 7.69. The Balaban J connectivity index is 1.40. The number of amides is 2. The molecule has 7 nitrogen and oxygen atoms in total. The van der Waals surface area contributed by atoms with Crippen LogP contribution in [-0.4, -0.2) is 53.8 Å². The lowest BCUT2D eigenvalue weighted by Crippen LogP contribution is -2.54. The van der Waals surface area contributed by atoms with Gasteiger partial charge in [-0.2, -0.15) is 11.8 Å². The highest BCUT2D eigenvalue weighted by molar-refractivity contribution is 7.98. The zero-order valence-corrected chi connectivity index (χ0v) is 20.9. The van der Waals surface area contributed by atoms with E-state index in [9.17, 15) is 19.5 Å². The highest BCUT2D eigenvalue weighted by atomic mass is 32.2. The smallest absolute Gasteiger partial charge is 0.407 e. The molecule has 0 heterocycles. The molecule has 1 fully saturated rings. The van der Waals surface area contributed by atoms with Crippen LogP contribution in [0, 0.1) is 5.41 Å². The molecule has 3 unspecified atom stereocenters. The molecule has 1 saturated carbocycles. The van der Waals surface area contributed by atoms with Gasteiger partial charge in [0.05, 0.1) is 5.41 Å². The van der Waals surface area contributed by atoms with E-state index in [-0.39, 0.29) is 18.4 Å². The Labute approximate surface area is 210 Å². The fraction of sp³-hybridized carbons (Fsp3) is 0.444. The second-order valence-corrected chi connectivity index (χ2v) is 10.5. The second kappa shape index (κ2) is 10.7. The number of rotatable bonds is 9. The Bertz CT molecular complexity index is 1060. The zero-order chi connectivity index (χ0) is 25.0. The fourth-order valence-corrected chi connectivity index (χ4v) is 5.68. The molecule has 3 N–H and O–H groups in total. The van der Waals surface area contributed by atoms with Crippen LogP contribution in [0.3, 0.4) is 0 Å². The van der Waals surface area contributed by atoms with Crippen molar-refractivity contribution in [3.8, 4) is 11.1 Å². The molecule has 2 aliphatic carbocycles. The number of hydrogen-bond acceptors (Lipinski definition) is 5. The van der Waals surface area contributed by atoms with Crippen molar-refractivity contribution in [3.63, 3.8) is 0 Å². The number of carbonyl (C=O) groups is 3. The number of carbonyl (C=O) groups excluding carboxylic acids is 2. The lowest BCUT2D eigenvalue weighted by atomic mass is 9.85. The molecule has 0 aromatic heterocycles. The minimum atomic E-state index is -0.997. The van der Waals surface area contributed by atoms with Gasteiger partial charge in [0.15, 0.2) is 0 Å². The second-order valence-electron chi connectivity index (χ2n) is 9.48. The molecule has 35 heavy (non-hydrogen) atoms. The number of thioether (sulfide) groups is 1. The van der Waals surface area contributed by atoms with Gasteiger partial charge in [-0.05, 0) is 60.4 Å². The minimum absolute atomic E-state index is 0.0682. The van der Waals surface area contributed by atoms with Gasteiger partial charge in [0.1, 0.15) is 12.6 Å². The van der Waals surface area contributed by atoms with E-state index in [1.165, 1.54) is 0 Å². The summed E-state index contributed by atoms with van der Waals surface area (Å²) in [5, 5.41) is 15.3. The standard InChI is InChI=1S/C27H32N2O5S/c1-27(25(31)32)14-7-12-23(27)29-24(30)22(13-15-35-2)28-26(33)34-16-21-19-10-5-3-8-17(19)18-9-4-6-11-20(18)21/h3-6,8-11,21-23H,7,12-16H2,1-2H3,(H,28,33)(H,29,30)(H,31,32). The van der Waals surface area contributed by atoms with E-state index in [1.807, 2.05) is 30.5 Å². The lowest BCUT2D eigenvalue weighted by molar-refractivity contribution is -0.149. The van der Waals surface area contributed by atoms with Gasteiger partial charge in [-0.3, -0.25) is 9.59 Å². The van der Waals surface area contributed by atoms with Crippen molar-refractivity contribution in [2.75, 3.05) is 18.6 Å². The molecule has 0 bridgehead atoms. The summed E-state index contributed by atoms with van der Waals surface area (Å²) in [5.41, 5.74) is 3.53. The molecule has 3 atom stereocenters. The summed E-state index contributed by atoms with van der Waals surface area (Å²) in [7, 11) is 0. The van der Waals surface area contributed by atoms with E-state index in [0.29, 0.717) is 25.0 Å². The maximum absolute atomic E-state index is 13.1. The van der Waals surface area contributed by atoms with E-state index < -0.39 is 29.6 Å². The summed E-state index contributed by atoms with van der Waals surface area (Å²) in [5.74, 6) is -0.679. The van der Waals surface area contributed by atoms with Gasteiger partial charge in [0.2, 0.25) is 5.91 Å². The van der Waals surface area contributed by atoms with Crippen LogP contribution in [0.2, 0.25) is 0 Å². The normalized spacial score (nSPS) is 21.6. The molecule has 2 aliphatic rings. The first-order valence-electron chi connectivity index (χ1n) is 12.0. The van der Waals surface area contributed by atoms with Crippen molar-refractivity contribution < 1.29 is 24.2 Å². The van der Waals surface area contributed by atoms with E-state index in [1.54, 1.807) is 18.7 Å². The average molecular weight is 497 g/mol. The van der Waals surface area contributed by atoms with Gasteiger partial charge >= 0.3 is 12.1 Å². The number of hydrogen-bond donors (Lipinski definition) is 3. The third-order valence-corrected chi connectivity index (χ3v) is 7.97. The lowest BCUT2D eigenvalue weighted by Gasteiger charge is -2.29. The highest BCUT2D eigenvalue weighted by Gasteiger charge is 2.46. The van der Waals surface area contributed by atoms with Crippen molar-refractivity contribution in [3.05, 3.63) is 59.7 Å². The van der Waals surface area contributed by atoms with Crippen LogP contribution >= 0.6 is 11.8 Å². The summed E-state index contributed by atoms with van der Waals surface area (Å²) in [6.45, 7) is 1.83. The van der Waals surface area contributed by atoms with Gasteiger partial charge < -0.3 is 20.5 Å². The Morgan fingerprint density at radius 1 is 1.11 bits per heavy atom. The van der Waals surface area contributed by atoms with E-state index in [4.69, 9.17) is 4.74 Å². The Hall–Kier alpha value is -3.00. The summed E-state index contributed by atoms with van der Waals surface area (Å²) in [4.78, 5) is 37.6. The number of fused-ring (bicyclic) bond motifs is 3. The van der Waals surface area contributed by atoms with Crippen LogP contribution in [0.25, 0.3) is 11.1 Å². The third kappa shape index (κ3) is 5.17. The Morgan fingerprint density at radius 2 is 1.74 bits per heavy atom. The van der Waals surface area contributed by atoms with Gasteiger partial charge in [0.25, 0.3) is 0 Å². The third-order valence-electron chi connectivity index (χ3n) is 7.33. The summed E-state index contributed by atoms with van der Waals surface area (Å²) in [6.07, 6.45) is 3.56. The quantitative estimate of drug-likeness (QED) is 0.475. The maximum Gasteiger partial charge on any atom is 0.407 e. The predicted molar refractivity (Wildman–Crippen MR) is 137 cm³/mol. The first-order chi connectivity index (χ1) is 16.8. The van der Waals surface area contributed by atoms with E-state index >= 15 is 0 Å².